The summed E-state index contributed by atoms with van der Waals surface area (Å²) in [6, 6.07) is 13.3. The van der Waals surface area contributed by atoms with Gasteiger partial charge in [-0.1, -0.05) is 6.42 Å². The summed E-state index contributed by atoms with van der Waals surface area (Å²) in [7, 11) is 5.43. The van der Waals surface area contributed by atoms with Crippen molar-refractivity contribution in [2.24, 2.45) is 34.4 Å². The molecule has 0 aromatic heterocycles. The van der Waals surface area contributed by atoms with Crippen molar-refractivity contribution in [1.82, 2.24) is 16.0 Å². The number of amides is 8. The number of nitrogens with one attached hydrogen (secondary N) is 7. The zero-order valence-corrected chi connectivity index (χ0v) is 46.4. The SMILES string of the molecule is COc1ccc(NC(=O)[C@H](CCCCN)NC(=O)c2cc(NC(=O)[C@H](CCCCN)NC(=O)c3cc(NC(=O)C(CCCCN)NC(=O)c4ccc(NC(=O)[C@@H](N)CCCCN)cc4OC)ccc3OC)ccc2OC)cc1C(N)=O. The summed E-state index contributed by atoms with van der Waals surface area (Å²) in [6.45, 7) is 1.49. The van der Waals surface area contributed by atoms with Gasteiger partial charge in [-0.15, -0.1) is 0 Å². The Morgan fingerprint density at radius 2 is 0.691 bits per heavy atom. The van der Waals surface area contributed by atoms with Gasteiger partial charge >= 0.3 is 0 Å². The topological polar surface area (TPSA) is 414 Å². The Kier molecular flexibility index (Phi) is 27.3. The van der Waals surface area contributed by atoms with Gasteiger partial charge in [0.25, 0.3) is 23.6 Å². The Balaban J connectivity index is 1.54. The van der Waals surface area contributed by atoms with Crippen molar-refractivity contribution < 1.29 is 57.3 Å². The number of hydrogen-bond donors (Lipinski definition) is 13. The highest BCUT2D eigenvalue weighted by Crippen LogP contribution is 2.28. The quantitative estimate of drug-likeness (QED) is 0.0295. The van der Waals surface area contributed by atoms with E-state index in [0.717, 1.165) is 6.42 Å². The molecule has 25 nitrogen and oxygen atoms in total. The molecule has 4 aromatic rings. The van der Waals surface area contributed by atoms with Crippen LogP contribution in [0, 0.1) is 0 Å². The van der Waals surface area contributed by atoms with Crippen molar-refractivity contribution in [2.45, 2.75) is 101 Å². The maximum absolute atomic E-state index is 14.2. The number of benzene rings is 4. The minimum atomic E-state index is -1.16. The van der Waals surface area contributed by atoms with Crippen molar-refractivity contribution >= 4 is 70.0 Å². The summed E-state index contributed by atoms with van der Waals surface area (Å²) in [6.07, 6.45) is 5.39. The Morgan fingerprint density at radius 3 is 1.05 bits per heavy atom. The van der Waals surface area contributed by atoms with Gasteiger partial charge < -0.3 is 90.6 Å². The highest BCUT2D eigenvalue weighted by Gasteiger charge is 2.29. The summed E-state index contributed by atoms with van der Waals surface area (Å²) >= 11 is 0. The smallest absolute Gasteiger partial charge is 0.255 e. The Hall–Kier alpha value is -8.36. The fourth-order valence-electron chi connectivity index (χ4n) is 8.42. The third-order valence-corrected chi connectivity index (χ3v) is 12.9. The van der Waals surface area contributed by atoms with Gasteiger partial charge in [-0.05, 0) is 164 Å². The molecule has 0 aliphatic rings. The van der Waals surface area contributed by atoms with Crippen LogP contribution in [-0.4, -0.2) is 126 Å². The van der Waals surface area contributed by atoms with E-state index < -0.39 is 71.4 Å². The minimum Gasteiger partial charge on any atom is -0.496 e. The normalized spacial score (nSPS) is 12.3. The molecule has 81 heavy (non-hydrogen) atoms. The fraction of sp³-hybridized carbons (Fsp3) is 0.429. The molecule has 0 spiro atoms. The standard InChI is InChI=1S/C56H79N13O12/c1-78-45-22-18-33(29-38(45)49(62)70)64-55(76)43(15-7-11-27-59)68-51(72)40-31-35(20-24-47(40)80-3)66-56(77)44(16-8-12-28-60)69-52(73)39-30-34(19-23-46(39)79-2)65-54(75)42(14-6-10-26-58)67-50(71)37-21-17-36(32-48(37)81-4)63-53(74)41(61)13-5-9-25-57/h17-24,29-32,41-44H,5-16,25-28,57-61H2,1-4H3,(H2,62,70)(H,63,74)(H,64,76)(H,65,75)(H,66,77)(H,67,71)(H,68,72)(H,69,73)/t41-,42?,43-,44-/m0/s1. The van der Waals surface area contributed by atoms with E-state index in [1.54, 1.807) is 0 Å². The van der Waals surface area contributed by atoms with Gasteiger partial charge in [0.15, 0.2) is 0 Å². The molecule has 440 valence electrons. The lowest BCUT2D eigenvalue weighted by atomic mass is 10.1. The number of methoxy groups -OCH3 is 4. The minimum absolute atomic E-state index is 0.0344. The molecule has 4 aromatic carbocycles. The van der Waals surface area contributed by atoms with Crippen LogP contribution in [0.2, 0.25) is 0 Å². The molecular weight excluding hydrogens is 1050 g/mol. The number of carbonyl (C=O) groups excluding carboxylic acids is 8. The van der Waals surface area contributed by atoms with Crippen LogP contribution in [-0.2, 0) is 19.2 Å². The second-order valence-electron chi connectivity index (χ2n) is 18.8. The number of ether oxygens (including phenoxy) is 4. The molecule has 0 saturated carbocycles. The van der Waals surface area contributed by atoms with Gasteiger partial charge in [-0.25, -0.2) is 0 Å². The molecule has 0 aliphatic carbocycles. The molecule has 4 rings (SSSR count). The first-order valence-corrected chi connectivity index (χ1v) is 26.7. The maximum atomic E-state index is 14.2. The van der Waals surface area contributed by atoms with E-state index in [-0.39, 0.29) is 81.6 Å². The third-order valence-electron chi connectivity index (χ3n) is 12.9. The van der Waals surface area contributed by atoms with Gasteiger partial charge in [0.05, 0.1) is 56.7 Å². The summed E-state index contributed by atoms with van der Waals surface area (Å²) in [4.78, 5) is 109. The van der Waals surface area contributed by atoms with Crippen LogP contribution in [0.1, 0.15) is 118 Å². The number of unbranched alkanes of at least 4 members (excludes halogenated alkanes) is 4. The fourth-order valence-corrected chi connectivity index (χ4v) is 8.42. The first-order chi connectivity index (χ1) is 38.9. The summed E-state index contributed by atoms with van der Waals surface area (Å²) in [5.41, 5.74) is 35.3. The predicted molar refractivity (Wildman–Crippen MR) is 308 cm³/mol. The van der Waals surface area contributed by atoms with Gasteiger partial charge in [0, 0.05) is 28.8 Å². The molecule has 0 fully saturated rings. The van der Waals surface area contributed by atoms with Crippen molar-refractivity contribution in [3.05, 3.63) is 95.1 Å². The second kappa shape index (κ2) is 33.9. The molecule has 0 bridgehead atoms. The molecule has 0 aliphatic heterocycles. The molecule has 0 heterocycles. The molecule has 1 unspecified atom stereocenters. The van der Waals surface area contributed by atoms with Crippen LogP contribution < -0.4 is 90.6 Å². The number of anilines is 4. The van der Waals surface area contributed by atoms with E-state index >= 15 is 0 Å². The lowest BCUT2D eigenvalue weighted by molar-refractivity contribution is -0.118. The zero-order chi connectivity index (χ0) is 59.4. The van der Waals surface area contributed by atoms with Gasteiger partial charge in [0.2, 0.25) is 23.6 Å². The zero-order valence-electron chi connectivity index (χ0n) is 46.4. The van der Waals surface area contributed by atoms with Gasteiger partial charge in [-0.3, -0.25) is 38.4 Å². The van der Waals surface area contributed by atoms with E-state index in [4.69, 9.17) is 53.3 Å². The third kappa shape index (κ3) is 20.0. The lowest BCUT2D eigenvalue weighted by Gasteiger charge is -2.22. The average Bonchev–Trinajstić information content (AvgIpc) is 3.53. The van der Waals surface area contributed by atoms with Crippen LogP contribution >= 0.6 is 0 Å². The van der Waals surface area contributed by atoms with Crippen LogP contribution in [0.4, 0.5) is 22.7 Å². The highest BCUT2D eigenvalue weighted by atomic mass is 16.5. The van der Waals surface area contributed by atoms with E-state index in [9.17, 15) is 38.4 Å². The summed E-state index contributed by atoms with van der Waals surface area (Å²) in [5.74, 6) is -4.60. The van der Waals surface area contributed by atoms with E-state index in [0.29, 0.717) is 83.2 Å². The monoisotopic (exact) mass is 1130 g/mol. The largest absolute Gasteiger partial charge is 0.496 e. The van der Waals surface area contributed by atoms with Crippen LogP contribution in [0.5, 0.6) is 23.0 Å². The lowest BCUT2D eigenvalue weighted by Crippen LogP contribution is -2.44. The number of nitrogens with two attached hydrogens (primary N) is 6. The van der Waals surface area contributed by atoms with Crippen molar-refractivity contribution in [3.63, 3.8) is 0 Å². The van der Waals surface area contributed by atoms with E-state index in [1.165, 1.54) is 101 Å². The number of hydrogen-bond acceptors (Lipinski definition) is 17. The maximum Gasteiger partial charge on any atom is 0.255 e. The second-order valence-corrected chi connectivity index (χ2v) is 18.8. The van der Waals surface area contributed by atoms with Crippen LogP contribution in [0.15, 0.2) is 72.8 Å². The molecule has 19 N–H and O–H groups in total. The molecule has 8 amide bonds. The van der Waals surface area contributed by atoms with Gasteiger partial charge in [-0.2, -0.15) is 0 Å². The Labute approximate surface area is 471 Å². The van der Waals surface area contributed by atoms with Crippen LogP contribution in [0.3, 0.4) is 0 Å². The molecule has 0 radical (unpaired) electrons. The van der Waals surface area contributed by atoms with E-state index in [2.05, 4.69) is 37.2 Å². The van der Waals surface area contributed by atoms with Crippen LogP contribution in [0.25, 0.3) is 0 Å². The molecule has 4 atom stereocenters. The first-order valence-electron chi connectivity index (χ1n) is 26.7. The molecule has 0 saturated heterocycles. The molecule has 25 heteroatoms. The number of carbonyl (C=O) groups is 8. The Bertz CT molecular complexity index is 2800. The first kappa shape index (κ1) is 65.2. The van der Waals surface area contributed by atoms with Crippen molar-refractivity contribution in [2.75, 3.05) is 75.9 Å². The van der Waals surface area contributed by atoms with E-state index in [1.807, 2.05) is 0 Å². The summed E-state index contributed by atoms with van der Waals surface area (Å²) < 4.78 is 21.7. The predicted octanol–water partition coefficient (Wildman–Crippen LogP) is 2.81. The average molecular weight is 1130 g/mol. The number of rotatable bonds is 35. The van der Waals surface area contributed by atoms with Gasteiger partial charge in [0.1, 0.15) is 41.1 Å². The highest BCUT2D eigenvalue weighted by molar-refractivity contribution is 6.07. The summed E-state index contributed by atoms with van der Waals surface area (Å²) in [5, 5.41) is 19.3. The van der Waals surface area contributed by atoms with Crippen molar-refractivity contribution in [1.29, 1.82) is 0 Å². The number of primary amides is 1. The van der Waals surface area contributed by atoms with Crippen molar-refractivity contribution in [3.8, 4) is 23.0 Å². The molecular formula is C56H79N13O12. The Morgan fingerprint density at radius 1 is 0.383 bits per heavy atom.